The van der Waals surface area contributed by atoms with Crippen LogP contribution >= 0.6 is 34.5 Å². The van der Waals surface area contributed by atoms with E-state index in [1.54, 1.807) is 0 Å². The lowest BCUT2D eigenvalue weighted by atomic mass is 10.2. The van der Waals surface area contributed by atoms with Crippen LogP contribution in [-0.2, 0) is 11.2 Å². The third kappa shape index (κ3) is 4.15. The molecule has 1 aromatic heterocycles. The third-order valence-corrected chi connectivity index (χ3v) is 3.31. The zero-order valence-electron chi connectivity index (χ0n) is 7.98. The number of ether oxygens (including phenoxy) is 1. The molecule has 0 bridgehead atoms. The maximum Gasteiger partial charge on any atom is 0.0977 e. The molecule has 0 atom stereocenters. The zero-order chi connectivity index (χ0) is 10.4. The summed E-state index contributed by atoms with van der Waals surface area (Å²) in [4.78, 5) is 0. The van der Waals surface area contributed by atoms with Crippen molar-refractivity contribution in [2.45, 2.75) is 6.42 Å². The fourth-order valence-electron chi connectivity index (χ4n) is 1.00. The molecule has 2 nitrogen and oxygen atoms in total. The van der Waals surface area contributed by atoms with Crippen LogP contribution in [0.1, 0.15) is 5.56 Å². The van der Waals surface area contributed by atoms with Gasteiger partial charge in [-0.3, -0.25) is 0 Å². The summed E-state index contributed by atoms with van der Waals surface area (Å²) in [6.07, 6.45) is 0.825. The lowest BCUT2D eigenvalue weighted by Crippen LogP contribution is -2.15. The largest absolute Gasteiger partial charge is 0.380 e. The Morgan fingerprint density at radius 3 is 2.79 bits per heavy atom. The first-order chi connectivity index (χ1) is 6.74. The molecule has 14 heavy (non-hydrogen) atoms. The summed E-state index contributed by atoms with van der Waals surface area (Å²) in [5.41, 5.74) is 1.08. The molecule has 0 amide bonds. The van der Waals surface area contributed by atoms with Gasteiger partial charge in [0.1, 0.15) is 0 Å². The van der Waals surface area contributed by atoms with Crippen LogP contribution in [0.25, 0.3) is 0 Å². The molecule has 0 aliphatic carbocycles. The first kappa shape index (κ1) is 12.3. The van der Waals surface area contributed by atoms with E-state index >= 15 is 0 Å². The highest BCUT2D eigenvalue weighted by Gasteiger charge is 2.04. The average Bonchev–Trinajstić information content (AvgIpc) is 2.45. The Morgan fingerprint density at radius 2 is 2.21 bits per heavy atom. The van der Waals surface area contributed by atoms with E-state index in [4.69, 9.17) is 27.9 Å². The van der Waals surface area contributed by atoms with Crippen molar-refractivity contribution in [2.75, 3.05) is 26.8 Å². The van der Waals surface area contributed by atoms with Gasteiger partial charge in [0.25, 0.3) is 0 Å². The SMILES string of the molecule is CNCCOCCc1cc(Cl)sc1Cl. The molecule has 0 saturated heterocycles. The lowest BCUT2D eigenvalue weighted by molar-refractivity contribution is 0.140. The number of halogens is 2. The second-order valence-corrected chi connectivity index (χ2v) is 5.10. The smallest absolute Gasteiger partial charge is 0.0977 e. The van der Waals surface area contributed by atoms with Crippen LogP contribution in [0.3, 0.4) is 0 Å². The monoisotopic (exact) mass is 253 g/mol. The highest BCUT2D eigenvalue weighted by Crippen LogP contribution is 2.31. The molecular formula is C9H13Cl2NOS. The zero-order valence-corrected chi connectivity index (χ0v) is 10.3. The molecule has 0 unspecified atom stereocenters. The minimum Gasteiger partial charge on any atom is -0.380 e. The number of rotatable bonds is 6. The number of nitrogens with one attached hydrogen (secondary N) is 1. The Hall–Kier alpha value is 0.200. The van der Waals surface area contributed by atoms with Gasteiger partial charge in [-0.25, -0.2) is 0 Å². The van der Waals surface area contributed by atoms with Gasteiger partial charge in [-0.2, -0.15) is 0 Å². The molecule has 0 aliphatic rings. The predicted molar refractivity (Wildman–Crippen MR) is 62.8 cm³/mol. The van der Waals surface area contributed by atoms with Gasteiger partial charge in [-0.1, -0.05) is 23.2 Å². The topological polar surface area (TPSA) is 21.3 Å². The Bertz CT molecular complexity index is 278. The summed E-state index contributed by atoms with van der Waals surface area (Å²) >= 11 is 13.2. The summed E-state index contributed by atoms with van der Waals surface area (Å²) in [5.74, 6) is 0. The molecule has 1 heterocycles. The standard InChI is InChI=1S/C9H13Cl2NOS/c1-12-3-5-13-4-2-7-6-8(10)14-9(7)11/h6,12H,2-5H2,1H3. The van der Waals surface area contributed by atoms with Crippen molar-refractivity contribution in [1.29, 1.82) is 0 Å². The van der Waals surface area contributed by atoms with Crippen LogP contribution in [0.15, 0.2) is 6.07 Å². The first-order valence-electron chi connectivity index (χ1n) is 4.40. The molecule has 0 spiro atoms. The van der Waals surface area contributed by atoms with Crippen LogP contribution in [0.2, 0.25) is 8.67 Å². The van der Waals surface area contributed by atoms with Gasteiger partial charge in [0.15, 0.2) is 0 Å². The van der Waals surface area contributed by atoms with E-state index in [2.05, 4.69) is 5.32 Å². The Balaban J connectivity index is 2.21. The summed E-state index contributed by atoms with van der Waals surface area (Å²) in [6, 6.07) is 1.90. The Labute approximate surface area is 98.2 Å². The summed E-state index contributed by atoms with van der Waals surface area (Å²) in [5, 5.41) is 3.01. The predicted octanol–water partition coefficient (Wildman–Crippen LogP) is 2.83. The summed E-state index contributed by atoms with van der Waals surface area (Å²) in [7, 11) is 1.90. The number of likely N-dealkylation sites (N-methyl/N-ethyl adjacent to an activating group) is 1. The Morgan fingerprint density at radius 1 is 1.43 bits per heavy atom. The van der Waals surface area contributed by atoms with E-state index in [9.17, 15) is 0 Å². The average molecular weight is 254 g/mol. The van der Waals surface area contributed by atoms with Crippen LogP contribution < -0.4 is 5.32 Å². The molecular weight excluding hydrogens is 241 g/mol. The minimum atomic E-state index is 0.689. The second-order valence-electron chi connectivity index (χ2n) is 2.82. The molecule has 0 aromatic carbocycles. The molecule has 0 aliphatic heterocycles. The normalized spacial score (nSPS) is 10.8. The van der Waals surface area contributed by atoms with Gasteiger partial charge in [-0.15, -0.1) is 11.3 Å². The van der Waals surface area contributed by atoms with Gasteiger partial charge in [0.2, 0.25) is 0 Å². The number of hydrogen-bond acceptors (Lipinski definition) is 3. The van der Waals surface area contributed by atoms with Gasteiger partial charge in [0.05, 0.1) is 21.9 Å². The van der Waals surface area contributed by atoms with Crippen LogP contribution in [-0.4, -0.2) is 26.8 Å². The minimum absolute atomic E-state index is 0.689. The van der Waals surface area contributed by atoms with E-state index in [1.165, 1.54) is 11.3 Å². The van der Waals surface area contributed by atoms with Crippen molar-refractivity contribution in [2.24, 2.45) is 0 Å². The molecule has 0 radical (unpaired) electrons. The van der Waals surface area contributed by atoms with Crippen molar-refractivity contribution in [3.05, 3.63) is 20.3 Å². The molecule has 0 fully saturated rings. The van der Waals surface area contributed by atoms with E-state index in [0.29, 0.717) is 6.61 Å². The second kappa shape index (κ2) is 6.64. The third-order valence-electron chi connectivity index (χ3n) is 1.74. The Kier molecular flexibility index (Phi) is 5.82. The molecule has 1 rings (SSSR count). The van der Waals surface area contributed by atoms with Gasteiger partial charge >= 0.3 is 0 Å². The van der Waals surface area contributed by atoms with Crippen LogP contribution in [0.5, 0.6) is 0 Å². The van der Waals surface area contributed by atoms with Crippen LogP contribution in [0.4, 0.5) is 0 Å². The number of hydrogen-bond donors (Lipinski definition) is 1. The van der Waals surface area contributed by atoms with Crippen molar-refractivity contribution < 1.29 is 4.74 Å². The van der Waals surface area contributed by atoms with Gasteiger partial charge in [-0.05, 0) is 25.1 Å². The van der Waals surface area contributed by atoms with Crippen molar-refractivity contribution in [1.82, 2.24) is 5.32 Å². The quantitative estimate of drug-likeness (QED) is 0.788. The van der Waals surface area contributed by atoms with E-state index < -0.39 is 0 Å². The fraction of sp³-hybridized carbons (Fsp3) is 0.556. The van der Waals surface area contributed by atoms with Gasteiger partial charge in [0, 0.05) is 6.54 Å². The molecule has 1 aromatic rings. The lowest BCUT2D eigenvalue weighted by Gasteiger charge is -2.02. The van der Waals surface area contributed by atoms with Crippen molar-refractivity contribution in [3.63, 3.8) is 0 Å². The summed E-state index contributed by atoms with van der Waals surface area (Å²) in [6.45, 7) is 2.29. The van der Waals surface area contributed by atoms with E-state index in [0.717, 1.165) is 33.8 Å². The van der Waals surface area contributed by atoms with Crippen LogP contribution in [0, 0.1) is 0 Å². The first-order valence-corrected chi connectivity index (χ1v) is 5.97. The molecule has 80 valence electrons. The maximum atomic E-state index is 5.95. The maximum absolute atomic E-state index is 5.95. The van der Waals surface area contributed by atoms with Crippen molar-refractivity contribution in [3.8, 4) is 0 Å². The highest BCUT2D eigenvalue weighted by molar-refractivity contribution is 7.20. The van der Waals surface area contributed by atoms with Crippen molar-refractivity contribution >= 4 is 34.5 Å². The van der Waals surface area contributed by atoms with E-state index in [-0.39, 0.29) is 0 Å². The fourth-order valence-corrected chi connectivity index (χ4v) is 2.55. The molecule has 0 saturated carbocycles. The van der Waals surface area contributed by atoms with E-state index in [1.807, 2.05) is 13.1 Å². The summed E-state index contributed by atoms with van der Waals surface area (Å²) < 4.78 is 6.89. The molecule has 1 N–H and O–H groups in total. The highest BCUT2D eigenvalue weighted by atomic mass is 35.5. The number of thiophene rings is 1. The van der Waals surface area contributed by atoms with Gasteiger partial charge < -0.3 is 10.1 Å². The molecule has 5 heteroatoms.